The fourth-order valence-electron chi connectivity index (χ4n) is 1.09. The van der Waals surface area contributed by atoms with Crippen molar-refractivity contribution >= 4 is 49.8 Å². The first kappa shape index (κ1) is 13.4. The number of benzene rings is 2. The van der Waals surface area contributed by atoms with E-state index in [1.165, 1.54) is 5.39 Å². The van der Waals surface area contributed by atoms with Gasteiger partial charge in [-0.1, -0.05) is 32.5 Å². The minimum absolute atomic E-state index is 0. The first-order valence-electron chi connectivity index (χ1n) is 3.43. The Bertz CT molecular complexity index is 387. The molecule has 0 N–H and O–H groups in total. The van der Waals surface area contributed by atoms with Crippen LogP contribution < -0.4 is 17.0 Å². The van der Waals surface area contributed by atoms with Crippen LogP contribution in [0.1, 0.15) is 0 Å². The van der Waals surface area contributed by atoms with Gasteiger partial charge in [0.15, 0.2) is 0 Å². The summed E-state index contributed by atoms with van der Waals surface area (Å²) in [5.41, 5.74) is 0. The molecule has 0 aliphatic rings. The summed E-state index contributed by atoms with van der Waals surface area (Å²) in [5, 5.41) is 2.39. The molecule has 62 valence electrons. The van der Waals surface area contributed by atoms with E-state index < -0.39 is 0 Å². The van der Waals surface area contributed by atoms with Crippen LogP contribution in [0.3, 0.4) is 0 Å². The average Bonchev–Trinajstić information content (AvgIpc) is 2.04. The molecule has 0 radical (unpaired) electrons. The van der Waals surface area contributed by atoms with Gasteiger partial charge in [0.1, 0.15) is 0 Å². The Kier molecular flexibility index (Phi) is 6.21. The topological polar surface area (TPSA) is 0 Å². The fourth-order valence-corrected chi connectivity index (χ4v) is 1.44. The summed E-state index contributed by atoms with van der Waals surface area (Å²) >= 11 is 3.38. The molecular formula is C10H6Br2Mg. The molecule has 0 saturated carbocycles. The van der Waals surface area contributed by atoms with Crippen LogP contribution in [-0.4, -0.2) is 23.1 Å². The first-order valence-corrected chi connectivity index (χ1v) is 4.22. The summed E-state index contributed by atoms with van der Waals surface area (Å²) in [7, 11) is 0. The predicted octanol–water partition coefficient (Wildman–Crippen LogP) is 0.0257. The maximum atomic E-state index is 3.38. The van der Waals surface area contributed by atoms with Crippen molar-refractivity contribution in [1.82, 2.24) is 0 Å². The molecule has 0 aliphatic carbocycles. The van der Waals surface area contributed by atoms with Gasteiger partial charge in [-0.2, -0.15) is 0 Å². The number of hydrogen-bond donors (Lipinski definition) is 0. The fraction of sp³-hybridized carbons (Fsp3) is 0. The van der Waals surface area contributed by atoms with E-state index in [0.29, 0.717) is 0 Å². The van der Waals surface area contributed by atoms with Gasteiger partial charge in [-0.25, -0.2) is 0 Å². The van der Waals surface area contributed by atoms with Crippen molar-refractivity contribution < 1.29 is 17.0 Å². The van der Waals surface area contributed by atoms with E-state index in [2.05, 4.69) is 40.2 Å². The zero-order valence-corrected chi connectivity index (χ0v) is 11.5. The molecule has 0 aromatic heterocycles. The second-order valence-corrected chi connectivity index (χ2v) is 3.25. The quantitative estimate of drug-likeness (QED) is 0.476. The Hall–Kier alpha value is 0.426. The van der Waals surface area contributed by atoms with E-state index in [4.69, 9.17) is 0 Å². The third-order valence-electron chi connectivity index (χ3n) is 1.62. The van der Waals surface area contributed by atoms with E-state index >= 15 is 0 Å². The number of halogens is 2. The molecule has 2 rings (SSSR count). The number of rotatable bonds is 0. The Morgan fingerprint density at radius 2 is 1.69 bits per heavy atom. The molecule has 0 heterocycles. The molecule has 0 atom stereocenters. The van der Waals surface area contributed by atoms with Crippen molar-refractivity contribution in [2.75, 3.05) is 0 Å². The van der Waals surface area contributed by atoms with Crippen LogP contribution >= 0.6 is 15.9 Å². The molecular weight excluding hydrogens is 304 g/mol. The normalized spacial score (nSPS) is 8.69. The van der Waals surface area contributed by atoms with Crippen LogP contribution in [0, 0.1) is 6.07 Å². The van der Waals surface area contributed by atoms with E-state index in [1.54, 1.807) is 0 Å². The van der Waals surface area contributed by atoms with E-state index in [1.807, 2.05) is 18.2 Å². The Morgan fingerprint density at radius 3 is 2.46 bits per heavy atom. The van der Waals surface area contributed by atoms with Crippen LogP contribution in [0.5, 0.6) is 0 Å². The van der Waals surface area contributed by atoms with E-state index in [-0.39, 0.29) is 40.0 Å². The molecule has 3 heteroatoms. The minimum atomic E-state index is 0. The van der Waals surface area contributed by atoms with Crippen molar-refractivity contribution in [1.29, 1.82) is 0 Å². The molecule has 0 saturated heterocycles. The summed E-state index contributed by atoms with van der Waals surface area (Å²) in [5.74, 6) is 0. The van der Waals surface area contributed by atoms with Gasteiger partial charge in [-0.3, -0.25) is 0 Å². The van der Waals surface area contributed by atoms with E-state index in [0.717, 1.165) is 9.86 Å². The smallest absolute Gasteiger partial charge is 1.00 e. The van der Waals surface area contributed by atoms with Crippen molar-refractivity contribution in [3.8, 4) is 0 Å². The largest absolute Gasteiger partial charge is 2.00 e. The number of hydrogen-bond acceptors (Lipinski definition) is 0. The molecule has 2 aromatic carbocycles. The molecule has 0 aliphatic heterocycles. The van der Waals surface area contributed by atoms with Crippen LogP contribution in [0.2, 0.25) is 0 Å². The zero-order chi connectivity index (χ0) is 7.68. The molecule has 13 heavy (non-hydrogen) atoms. The minimum Gasteiger partial charge on any atom is -1.00 e. The van der Waals surface area contributed by atoms with Crippen molar-refractivity contribution in [2.24, 2.45) is 0 Å². The van der Waals surface area contributed by atoms with Crippen molar-refractivity contribution in [3.05, 3.63) is 46.9 Å². The van der Waals surface area contributed by atoms with Gasteiger partial charge >= 0.3 is 23.1 Å². The molecule has 2 aromatic rings. The maximum Gasteiger partial charge on any atom is 2.00 e. The summed E-state index contributed by atoms with van der Waals surface area (Å²) < 4.78 is 1.01. The summed E-state index contributed by atoms with van der Waals surface area (Å²) in [6, 6.07) is 15.5. The summed E-state index contributed by atoms with van der Waals surface area (Å²) in [6.07, 6.45) is 0. The third kappa shape index (κ3) is 3.24. The molecule has 0 spiro atoms. The van der Waals surface area contributed by atoms with Gasteiger partial charge < -0.3 is 17.0 Å². The number of fused-ring (bicyclic) bond motifs is 1. The molecule has 0 amide bonds. The SMILES string of the molecule is Brc1[c-]c2ccccc2cc1.[Br-].[Mg+2]. The second-order valence-electron chi connectivity index (χ2n) is 2.39. The van der Waals surface area contributed by atoms with Gasteiger partial charge in [0.25, 0.3) is 0 Å². The Labute approximate surface area is 113 Å². The summed E-state index contributed by atoms with van der Waals surface area (Å²) in [6.45, 7) is 0. The molecule has 0 bridgehead atoms. The van der Waals surface area contributed by atoms with Crippen LogP contribution in [0.15, 0.2) is 40.9 Å². The maximum absolute atomic E-state index is 3.38. The van der Waals surface area contributed by atoms with Crippen LogP contribution in [0.25, 0.3) is 10.8 Å². The second kappa shape index (κ2) is 6.01. The standard InChI is InChI=1S/C10H6Br.BrH.Mg/c11-10-6-5-8-3-1-2-4-9(8)7-10;;/h1-6H;1H;/q-1;;+2/p-1. The van der Waals surface area contributed by atoms with Gasteiger partial charge in [0.05, 0.1) is 0 Å². The van der Waals surface area contributed by atoms with Crippen LogP contribution in [-0.2, 0) is 0 Å². The molecule has 0 unspecified atom stereocenters. The van der Waals surface area contributed by atoms with Gasteiger partial charge in [0, 0.05) is 0 Å². The van der Waals surface area contributed by atoms with Gasteiger partial charge in [-0.05, 0) is 0 Å². The van der Waals surface area contributed by atoms with Crippen LogP contribution in [0.4, 0.5) is 0 Å². The zero-order valence-electron chi connectivity index (χ0n) is 6.93. The molecule has 0 nitrogen and oxygen atoms in total. The van der Waals surface area contributed by atoms with E-state index in [9.17, 15) is 0 Å². The Balaban J connectivity index is 0.000000720. The first-order chi connectivity index (χ1) is 5.36. The molecule has 0 fully saturated rings. The third-order valence-corrected chi connectivity index (χ3v) is 2.09. The van der Waals surface area contributed by atoms with Crippen molar-refractivity contribution in [3.63, 3.8) is 0 Å². The van der Waals surface area contributed by atoms with Gasteiger partial charge in [-0.15, -0.1) is 41.1 Å². The monoisotopic (exact) mass is 308 g/mol. The van der Waals surface area contributed by atoms with Crippen molar-refractivity contribution in [2.45, 2.75) is 0 Å². The predicted molar refractivity (Wildman–Crippen MR) is 56.2 cm³/mol. The average molecular weight is 310 g/mol. The summed E-state index contributed by atoms with van der Waals surface area (Å²) in [4.78, 5) is 0. The van der Waals surface area contributed by atoms with Gasteiger partial charge in [0.2, 0.25) is 0 Å². The Morgan fingerprint density at radius 1 is 1.00 bits per heavy atom.